The number of nitrogens with zero attached hydrogens (tertiary/aromatic N) is 2. The molecule has 1 atom stereocenters. The van der Waals surface area contributed by atoms with Crippen LogP contribution in [-0.2, 0) is 19.0 Å². The van der Waals surface area contributed by atoms with Crippen molar-refractivity contribution in [3.63, 3.8) is 0 Å². The van der Waals surface area contributed by atoms with Crippen molar-refractivity contribution in [2.24, 2.45) is 5.92 Å². The van der Waals surface area contributed by atoms with Crippen molar-refractivity contribution >= 4 is 35.6 Å². The number of nitrogens with one attached hydrogen (secondary N) is 2. The van der Waals surface area contributed by atoms with Crippen LogP contribution in [0, 0.1) is 11.7 Å². The van der Waals surface area contributed by atoms with Gasteiger partial charge in [-0.15, -0.1) is 0 Å². The normalized spacial score (nSPS) is 17.5. The van der Waals surface area contributed by atoms with Crippen molar-refractivity contribution in [3.8, 4) is 16.9 Å². The Morgan fingerprint density at radius 2 is 1.55 bits per heavy atom. The van der Waals surface area contributed by atoms with Gasteiger partial charge in [0.2, 0.25) is 5.91 Å². The predicted octanol–water partition coefficient (Wildman–Crippen LogP) is 8.58. The molecule has 12 nitrogen and oxygen atoms in total. The summed E-state index contributed by atoms with van der Waals surface area (Å²) in [7, 11) is 1.52. The lowest BCUT2D eigenvalue weighted by Gasteiger charge is -2.39. The van der Waals surface area contributed by atoms with Crippen molar-refractivity contribution in [1.82, 2.24) is 20.4 Å². The molecule has 1 aliphatic heterocycles. The molecule has 4 amide bonds. The summed E-state index contributed by atoms with van der Waals surface area (Å²) in [5.74, 6) is -1.70. The first-order valence-corrected chi connectivity index (χ1v) is 21.0. The van der Waals surface area contributed by atoms with Crippen LogP contribution in [0.1, 0.15) is 102 Å². The van der Waals surface area contributed by atoms with Crippen LogP contribution in [0.5, 0.6) is 5.75 Å². The number of carbonyl (C=O) groups excluding carboxylic acids is 4. The van der Waals surface area contributed by atoms with E-state index in [2.05, 4.69) is 10.6 Å². The van der Waals surface area contributed by atoms with E-state index < -0.39 is 41.0 Å². The Balaban J connectivity index is 1.51. The molecule has 0 aromatic heterocycles. The molecular weight excluding hydrogens is 791 g/mol. The summed E-state index contributed by atoms with van der Waals surface area (Å²) >= 11 is 6.93. The summed E-state index contributed by atoms with van der Waals surface area (Å²) in [6.45, 7) is 14.3. The van der Waals surface area contributed by atoms with Crippen LogP contribution in [0.15, 0.2) is 60.7 Å². The highest BCUT2D eigenvalue weighted by molar-refractivity contribution is 6.33. The average Bonchev–Trinajstić information content (AvgIpc) is 3.15. The second-order valence-corrected chi connectivity index (χ2v) is 18.0. The van der Waals surface area contributed by atoms with Gasteiger partial charge < -0.3 is 39.4 Å². The van der Waals surface area contributed by atoms with Gasteiger partial charge in [0.1, 0.15) is 17.8 Å². The molecule has 1 saturated carbocycles. The number of likely N-dealkylation sites (tertiary alicyclic amines) is 1. The Morgan fingerprint density at radius 1 is 0.883 bits per heavy atom. The second-order valence-electron chi connectivity index (χ2n) is 17.6. The number of amides is 4. The van der Waals surface area contributed by atoms with Crippen LogP contribution >= 0.6 is 11.6 Å². The lowest BCUT2D eigenvalue weighted by molar-refractivity contribution is -0.134. The van der Waals surface area contributed by atoms with Crippen LogP contribution in [-0.4, -0.2) is 104 Å². The molecule has 326 valence electrons. The second kappa shape index (κ2) is 20.1. The first-order valence-electron chi connectivity index (χ1n) is 20.6. The van der Waals surface area contributed by atoms with Gasteiger partial charge in [-0.1, -0.05) is 48.0 Å². The minimum Gasteiger partial charge on any atom is -0.488 e. The third-order valence-electron chi connectivity index (χ3n) is 10.6. The van der Waals surface area contributed by atoms with Gasteiger partial charge in [0.25, 0.3) is 5.91 Å². The molecule has 0 radical (unpaired) electrons. The van der Waals surface area contributed by atoms with E-state index in [9.17, 15) is 19.2 Å². The lowest BCUT2D eigenvalue weighted by atomic mass is 9.86. The number of carbonyl (C=O) groups is 4. The fourth-order valence-corrected chi connectivity index (χ4v) is 7.79. The largest absolute Gasteiger partial charge is 0.488 e. The maximum Gasteiger partial charge on any atom is 0.410 e. The first kappa shape index (κ1) is 46.2. The standard InChI is InChI=1S/C46H60ClFN4O8/c1-29(53)51-26-30(27-51)25-49-42(54)35-19-21-39(58-23-22-57-8)41(48)40(35)36-24-32(14-20-38(36)47)37(31-12-10-9-11-13-31)28-52(44(56)60-46(5,6)7)34-17-15-33(16-18-34)50-43(55)59-45(2,3)4/h9-14,19-21,24,30,33-34,37H,15-18,22-23,25-28H2,1-8H3,(H,49,54)(H,50,55). The third-order valence-corrected chi connectivity index (χ3v) is 10.9. The molecule has 2 aliphatic rings. The van der Waals surface area contributed by atoms with Gasteiger partial charge in [-0.2, -0.15) is 0 Å². The SMILES string of the molecule is COCCOc1ccc(C(=O)NCC2CN(C(C)=O)C2)c(-c2cc(C(CN(C(=O)OC(C)(C)C)C3CCC(NC(=O)OC(C)(C)C)CC3)c3ccccc3)ccc2Cl)c1F. The highest BCUT2D eigenvalue weighted by Gasteiger charge is 2.36. The Bertz CT molecular complexity index is 1970. The van der Waals surface area contributed by atoms with E-state index in [0.717, 1.165) is 11.1 Å². The summed E-state index contributed by atoms with van der Waals surface area (Å²) in [5.41, 5.74) is 0.547. The number of hydrogen-bond donors (Lipinski definition) is 2. The van der Waals surface area contributed by atoms with Crippen molar-refractivity contribution in [1.29, 1.82) is 0 Å². The highest BCUT2D eigenvalue weighted by atomic mass is 35.5. The molecule has 0 spiro atoms. The van der Waals surface area contributed by atoms with E-state index in [1.54, 1.807) is 21.9 Å². The molecule has 1 aliphatic carbocycles. The maximum absolute atomic E-state index is 16.8. The molecule has 1 saturated heterocycles. The summed E-state index contributed by atoms with van der Waals surface area (Å²) in [6, 6.07) is 17.6. The zero-order valence-corrected chi connectivity index (χ0v) is 36.8. The van der Waals surface area contributed by atoms with Crippen LogP contribution in [0.3, 0.4) is 0 Å². The van der Waals surface area contributed by atoms with Crippen molar-refractivity contribution in [3.05, 3.63) is 88.2 Å². The fraction of sp³-hybridized carbons (Fsp3) is 0.522. The molecule has 2 N–H and O–H groups in total. The van der Waals surface area contributed by atoms with E-state index in [-0.39, 0.29) is 71.1 Å². The predicted molar refractivity (Wildman–Crippen MR) is 229 cm³/mol. The molecule has 1 unspecified atom stereocenters. The van der Waals surface area contributed by atoms with Crippen LogP contribution in [0.25, 0.3) is 11.1 Å². The molecule has 14 heteroatoms. The Labute approximate surface area is 358 Å². The zero-order chi connectivity index (χ0) is 43.8. The Morgan fingerprint density at radius 3 is 2.17 bits per heavy atom. The fourth-order valence-electron chi connectivity index (χ4n) is 7.58. The highest BCUT2D eigenvalue weighted by Crippen LogP contribution is 2.40. The summed E-state index contributed by atoms with van der Waals surface area (Å²) in [4.78, 5) is 55.8. The minimum atomic E-state index is -0.767. The minimum absolute atomic E-state index is 0.0245. The molecule has 5 rings (SSSR count). The molecule has 0 bridgehead atoms. The molecular formula is C46H60ClFN4O8. The van der Waals surface area contributed by atoms with Crippen LogP contribution < -0.4 is 15.4 Å². The molecule has 3 aromatic rings. The average molecular weight is 851 g/mol. The van der Waals surface area contributed by atoms with Gasteiger partial charge in [-0.25, -0.2) is 14.0 Å². The quantitative estimate of drug-likeness (QED) is 0.154. The summed E-state index contributed by atoms with van der Waals surface area (Å²) < 4.78 is 39.2. The van der Waals surface area contributed by atoms with Crippen LogP contribution in [0.4, 0.5) is 14.0 Å². The number of methoxy groups -OCH3 is 1. The number of benzene rings is 3. The summed E-state index contributed by atoms with van der Waals surface area (Å²) in [6.07, 6.45) is 1.55. The molecule has 3 aromatic carbocycles. The van der Waals surface area contributed by atoms with E-state index in [4.69, 9.17) is 30.5 Å². The molecule has 2 fully saturated rings. The third kappa shape index (κ3) is 12.6. The lowest BCUT2D eigenvalue weighted by Crippen LogP contribution is -2.53. The Kier molecular flexibility index (Phi) is 15.5. The molecule has 1 heterocycles. The zero-order valence-electron chi connectivity index (χ0n) is 36.1. The monoisotopic (exact) mass is 850 g/mol. The van der Waals surface area contributed by atoms with Crippen molar-refractivity contribution in [2.75, 3.05) is 46.5 Å². The number of alkyl carbamates (subject to hydrolysis) is 1. The smallest absolute Gasteiger partial charge is 0.410 e. The van der Waals surface area contributed by atoms with Gasteiger partial charge in [0.15, 0.2) is 11.6 Å². The maximum atomic E-state index is 16.8. The number of rotatable bonds is 14. The first-order chi connectivity index (χ1) is 28.3. The van der Waals surface area contributed by atoms with Gasteiger partial charge in [-0.3, -0.25) is 9.59 Å². The van der Waals surface area contributed by atoms with Gasteiger partial charge in [0.05, 0.1) is 12.2 Å². The van der Waals surface area contributed by atoms with Gasteiger partial charge >= 0.3 is 12.2 Å². The van der Waals surface area contributed by atoms with E-state index >= 15 is 4.39 Å². The van der Waals surface area contributed by atoms with E-state index in [1.165, 1.54) is 26.2 Å². The van der Waals surface area contributed by atoms with E-state index in [1.807, 2.05) is 77.9 Å². The van der Waals surface area contributed by atoms with Gasteiger partial charge in [0, 0.05) is 80.3 Å². The van der Waals surface area contributed by atoms with Crippen LogP contribution in [0.2, 0.25) is 5.02 Å². The van der Waals surface area contributed by atoms with Crippen molar-refractivity contribution in [2.45, 2.75) is 103 Å². The Hall–Kier alpha value is -4.88. The molecule has 60 heavy (non-hydrogen) atoms. The van der Waals surface area contributed by atoms with E-state index in [0.29, 0.717) is 45.3 Å². The van der Waals surface area contributed by atoms with Gasteiger partial charge in [-0.05, 0) is 103 Å². The van der Waals surface area contributed by atoms with Crippen molar-refractivity contribution < 1.29 is 42.5 Å². The summed E-state index contributed by atoms with van der Waals surface area (Å²) in [5, 5.41) is 6.13. The number of ether oxygens (including phenoxy) is 4. The number of halogens is 2. The number of hydrogen-bond acceptors (Lipinski definition) is 8. The topological polar surface area (TPSA) is 136 Å².